The Morgan fingerprint density at radius 3 is 2.67 bits per heavy atom. The number of carbonyl (C=O) groups is 1. The van der Waals surface area contributed by atoms with Crippen LogP contribution in [0.1, 0.15) is 16.8 Å². The molecule has 0 N–H and O–H groups in total. The molecule has 0 atom stereocenters. The van der Waals surface area contributed by atoms with Crippen molar-refractivity contribution < 1.29 is 14.1 Å². The van der Waals surface area contributed by atoms with Gasteiger partial charge in [0.15, 0.2) is 12.4 Å². The number of carbonyl (C=O) groups excluding carboxylic acids is 1. The minimum atomic E-state index is -0.0581. The highest BCUT2D eigenvalue weighted by Crippen LogP contribution is 2.31. The lowest BCUT2D eigenvalue weighted by molar-refractivity contribution is -0.134. The second-order valence-electron chi connectivity index (χ2n) is 6.61. The van der Waals surface area contributed by atoms with E-state index in [9.17, 15) is 4.79 Å². The van der Waals surface area contributed by atoms with Gasteiger partial charge in [0.2, 0.25) is 0 Å². The molecule has 2 heterocycles. The van der Waals surface area contributed by atoms with Crippen LogP contribution in [-0.4, -0.2) is 29.1 Å². The molecule has 0 unspecified atom stereocenters. The van der Waals surface area contributed by atoms with Crippen molar-refractivity contribution in [1.29, 1.82) is 0 Å². The van der Waals surface area contributed by atoms with E-state index >= 15 is 0 Å². The minimum absolute atomic E-state index is 0.0142. The maximum absolute atomic E-state index is 12.5. The average Bonchev–Trinajstić information content (AvgIpc) is 3.11. The lowest BCUT2D eigenvalue weighted by Crippen LogP contribution is -2.38. The van der Waals surface area contributed by atoms with Crippen LogP contribution >= 0.6 is 11.6 Å². The van der Waals surface area contributed by atoms with E-state index < -0.39 is 0 Å². The molecule has 0 saturated carbocycles. The Labute approximate surface area is 162 Å². The molecule has 0 bridgehead atoms. The summed E-state index contributed by atoms with van der Waals surface area (Å²) < 4.78 is 11.2. The lowest BCUT2D eigenvalue weighted by atomic mass is 10.0. The third-order valence-electron chi connectivity index (χ3n) is 4.68. The Balaban J connectivity index is 1.42. The van der Waals surface area contributed by atoms with Gasteiger partial charge in [0.05, 0.1) is 6.54 Å². The van der Waals surface area contributed by atoms with Crippen LogP contribution in [0.25, 0.3) is 11.3 Å². The summed E-state index contributed by atoms with van der Waals surface area (Å²) in [6, 6.07) is 15.1. The average molecular weight is 383 g/mol. The van der Waals surface area contributed by atoms with Gasteiger partial charge in [-0.1, -0.05) is 34.5 Å². The van der Waals surface area contributed by atoms with E-state index in [-0.39, 0.29) is 12.5 Å². The molecule has 0 fully saturated rings. The van der Waals surface area contributed by atoms with Gasteiger partial charge in [0, 0.05) is 22.7 Å². The number of fused-ring (bicyclic) bond motifs is 1. The van der Waals surface area contributed by atoms with Gasteiger partial charge >= 0.3 is 0 Å². The number of rotatable bonds is 4. The molecule has 3 aromatic rings. The zero-order valence-electron chi connectivity index (χ0n) is 14.9. The highest BCUT2D eigenvalue weighted by Gasteiger charge is 2.27. The number of aryl methyl sites for hydroxylation is 1. The summed E-state index contributed by atoms with van der Waals surface area (Å²) in [7, 11) is 0. The van der Waals surface area contributed by atoms with Crippen molar-refractivity contribution in [3.05, 3.63) is 70.4 Å². The quantitative estimate of drug-likeness (QED) is 0.676. The predicted octanol–water partition coefficient (Wildman–Crippen LogP) is 4.27. The minimum Gasteiger partial charge on any atom is -0.484 e. The molecular weight excluding hydrogens is 364 g/mol. The molecule has 138 valence electrons. The fourth-order valence-electron chi connectivity index (χ4n) is 3.14. The molecule has 1 aromatic heterocycles. The zero-order valence-corrected chi connectivity index (χ0v) is 15.7. The van der Waals surface area contributed by atoms with Crippen molar-refractivity contribution in [2.45, 2.75) is 19.9 Å². The first-order valence-electron chi connectivity index (χ1n) is 8.81. The molecular formula is C21H19ClN2O3. The normalized spacial score (nSPS) is 13.3. The predicted molar refractivity (Wildman–Crippen MR) is 103 cm³/mol. The summed E-state index contributed by atoms with van der Waals surface area (Å²) in [5, 5.41) is 4.85. The van der Waals surface area contributed by atoms with Crippen LogP contribution in [0.4, 0.5) is 0 Å². The van der Waals surface area contributed by atoms with Crippen LogP contribution in [0.15, 0.2) is 53.1 Å². The van der Waals surface area contributed by atoms with E-state index in [1.165, 1.54) is 0 Å². The number of benzene rings is 2. The van der Waals surface area contributed by atoms with Gasteiger partial charge in [-0.25, -0.2) is 0 Å². The Bertz CT molecular complexity index is 949. The Kier molecular flexibility index (Phi) is 4.86. The standard InChI is InChI=1S/C21H19ClN2O3/c1-14-2-8-17(9-3-14)26-13-20(25)24-11-10-18-19(12-24)23-27-21(18)15-4-6-16(22)7-5-15/h2-9H,10-13H2,1H3. The second-order valence-corrected chi connectivity index (χ2v) is 7.05. The molecule has 27 heavy (non-hydrogen) atoms. The Hall–Kier alpha value is -2.79. The first-order chi connectivity index (χ1) is 13.1. The van der Waals surface area contributed by atoms with Gasteiger partial charge in [0.1, 0.15) is 11.4 Å². The molecule has 0 saturated heterocycles. The number of hydrogen-bond acceptors (Lipinski definition) is 4. The maximum Gasteiger partial charge on any atom is 0.260 e. The van der Waals surface area contributed by atoms with Gasteiger partial charge in [-0.15, -0.1) is 0 Å². The molecule has 0 spiro atoms. The molecule has 1 aliphatic rings. The topological polar surface area (TPSA) is 55.6 Å². The van der Waals surface area contributed by atoms with Crippen molar-refractivity contribution in [1.82, 2.24) is 10.1 Å². The van der Waals surface area contributed by atoms with E-state index in [4.69, 9.17) is 20.9 Å². The van der Waals surface area contributed by atoms with E-state index in [2.05, 4.69) is 5.16 Å². The zero-order chi connectivity index (χ0) is 18.8. The van der Waals surface area contributed by atoms with Crippen LogP contribution in [0, 0.1) is 6.92 Å². The van der Waals surface area contributed by atoms with E-state index in [1.807, 2.05) is 55.5 Å². The lowest BCUT2D eigenvalue weighted by Gasteiger charge is -2.26. The summed E-state index contributed by atoms with van der Waals surface area (Å²) >= 11 is 5.95. The fraction of sp³-hybridized carbons (Fsp3) is 0.238. The smallest absolute Gasteiger partial charge is 0.260 e. The van der Waals surface area contributed by atoms with Gasteiger partial charge < -0.3 is 14.2 Å². The molecule has 2 aromatic carbocycles. The van der Waals surface area contributed by atoms with Crippen molar-refractivity contribution in [2.24, 2.45) is 0 Å². The van der Waals surface area contributed by atoms with E-state index in [0.717, 1.165) is 28.1 Å². The first-order valence-corrected chi connectivity index (χ1v) is 9.18. The van der Waals surface area contributed by atoms with Crippen molar-refractivity contribution >= 4 is 17.5 Å². The van der Waals surface area contributed by atoms with Crippen LogP contribution in [0.5, 0.6) is 5.75 Å². The van der Waals surface area contributed by atoms with Crippen molar-refractivity contribution in [2.75, 3.05) is 13.2 Å². The number of amides is 1. The van der Waals surface area contributed by atoms with Crippen LogP contribution < -0.4 is 4.74 Å². The van der Waals surface area contributed by atoms with Gasteiger partial charge in [-0.05, 0) is 49.7 Å². The summed E-state index contributed by atoms with van der Waals surface area (Å²) in [4.78, 5) is 14.2. The molecule has 6 heteroatoms. The first kappa shape index (κ1) is 17.6. The largest absolute Gasteiger partial charge is 0.484 e. The Morgan fingerprint density at radius 1 is 1.19 bits per heavy atom. The number of ether oxygens (including phenoxy) is 1. The van der Waals surface area contributed by atoms with E-state index in [1.54, 1.807) is 4.90 Å². The fourth-order valence-corrected chi connectivity index (χ4v) is 3.27. The molecule has 5 nitrogen and oxygen atoms in total. The molecule has 1 aliphatic heterocycles. The Morgan fingerprint density at radius 2 is 1.93 bits per heavy atom. The van der Waals surface area contributed by atoms with Crippen LogP contribution in [-0.2, 0) is 17.8 Å². The molecule has 0 aliphatic carbocycles. The molecule has 0 radical (unpaired) electrons. The summed E-state index contributed by atoms with van der Waals surface area (Å²) in [6.45, 7) is 3.07. The van der Waals surface area contributed by atoms with Gasteiger partial charge in [0.25, 0.3) is 5.91 Å². The van der Waals surface area contributed by atoms with Crippen LogP contribution in [0.3, 0.4) is 0 Å². The van der Waals surface area contributed by atoms with Crippen molar-refractivity contribution in [3.63, 3.8) is 0 Å². The maximum atomic E-state index is 12.5. The van der Waals surface area contributed by atoms with Gasteiger partial charge in [-0.2, -0.15) is 0 Å². The second kappa shape index (κ2) is 7.45. The van der Waals surface area contributed by atoms with Crippen molar-refractivity contribution in [3.8, 4) is 17.1 Å². The monoisotopic (exact) mass is 382 g/mol. The number of nitrogens with zero attached hydrogens (tertiary/aromatic N) is 2. The number of aromatic nitrogens is 1. The van der Waals surface area contributed by atoms with Gasteiger partial charge in [-0.3, -0.25) is 4.79 Å². The highest BCUT2D eigenvalue weighted by molar-refractivity contribution is 6.30. The van der Waals surface area contributed by atoms with Crippen LogP contribution in [0.2, 0.25) is 5.02 Å². The number of halogens is 1. The SMILES string of the molecule is Cc1ccc(OCC(=O)N2CCc3c(noc3-c3ccc(Cl)cc3)C2)cc1. The summed E-state index contributed by atoms with van der Waals surface area (Å²) in [5.74, 6) is 1.39. The third kappa shape index (κ3) is 3.83. The summed E-state index contributed by atoms with van der Waals surface area (Å²) in [6.07, 6.45) is 0.701. The molecule has 1 amide bonds. The third-order valence-corrected chi connectivity index (χ3v) is 4.94. The molecule has 4 rings (SSSR count). The number of hydrogen-bond donors (Lipinski definition) is 0. The summed E-state index contributed by atoms with van der Waals surface area (Å²) in [5.41, 5.74) is 3.95. The highest BCUT2D eigenvalue weighted by atomic mass is 35.5. The van der Waals surface area contributed by atoms with E-state index in [0.29, 0.717) is 30.3 Å².